The highest BCUT2D eigenvalue weighted by atomic mass is 32.2. The predicted molar refractivity (Wildman–Crippen MR) is 78.8 cm³/mol. The van der Waals surface area contributed by atoms with Crippen molar-refractivity contribution in [3.63, 3.8) is 0 Å². The van der Waals surface area contributed by atoms with Gasteiger partial charge in [-0.1, -0.05) is 20.8 Å². The molecule has 1 N–H and O–H groups in total. The molecule has 120 valence electrons. The number of halogens is 1. The molecule has 8 heteroatoms. The van der Waals surface area contributed by atoms with Gasteiger partial charge >= 0.3 is 0 Å². The molecule has 0 aliphatic heterocycles. The van der Waals surface area contributed by atoms with E-state index in [0.717, 1.165) is 24.5 Å². The van der Waals surface area contributed by atoms with E-state index in [9.17, 15) is 21.2 Å². The van der Waals surface area contributed by atoms with Gasteiger partial charge in [-0.15, -0.1) is 0 Å². The standard InChI is InChI=1S/C13H20FNO4S2/c1-13(2,3)7-8-15-21(18,19)12-9-10(20(4,16)17)5-6-11(12)14/h5-6,9,15H,7-8H2,1-4H3. The van der Waals surface area contributed by atoms with Crippen LogP contribution in [0, 0.1) is 11.2 Å². The van der Waals surface area contributed by atoms with Gasteiger partial charge in [0.1, 0.15) is 10.7 Å². The Bertz CT molecular complexity index is 719. The van der Waals surface area contributed by atoms with Crippen molar-refractivity contribution in [1.82, 2.24) is 4.72 Å². The summed E-state index contributed by atoms with van der Waals surface area (Å²) in [7, 11) is -7.69. The van der Waals surface area contributed by atoms with Crippen molar-refractivity contribution in [2.75, 3.05) is 12.8 Å². The molecular weight excluding hydrogens is 317 g/mol. The smallest absolute Gasteiger partial charge is 0.224 e. The molecule has 0 radical (unpaired) electrons. The first-order chi connectivity index (χ1) is 9.33. The van der Waals surface area contributed by atoms with Crippen LogP contribution < -0.4 is 4.72 Å². The van der Waals surface area contributed by atoms with E-state index in [0.29, 0.717) is 6.42 Å². The van der Waals surface area contributed by atoms with Gasteiger partial charge in [0.15, 0.2) is 9.84 Å². The Hall–Kier alpha value is -0.990. The molecule has 21 heavy (non-hydrogen) atoms. The van der Waals surface area contributed by atoms with Gasteiger partial charge in [0.2, 0.25) is 10.0 Å². The molecule has 1 aromatic rings. The minimum atomic E-state index is -4.09. The van der Waals surface area contributed by atoms with E-state index in [4.69, 9.17) is 0 Å². The fourth-order valence-corrected chi connectivity index (χ4v) is 3.41. The predicted octanol–water partition coefficient (Wildman–Crippen LogP) is 1.94. The van der Waals surface area contributed by atoms with Gasteiger partial charge < -0.3 is 0 Å². The minimum absolute atomic E-state index is 0.0737. The molecule has 0 spiro atoms. The van der Waals surface area contributed by atoms with E-state index in [1.807, 2.05) is 20.8 Å². The van der Waals surface area contributed by atoms with E-state index >= 15 is 0 Å². The fraction of sp³-hybridized carbons (Fsp3) is 0.538. The number of sulfonamides is 1. The summed E-state index contributed by atoms with van der Waals surface area (Å²) in [6.45, 7) is 6.00. The van der Waals surface area contributed by atoms with E-state index in [1.54, 1.807) is 0 Å². The first-order valence-electron chi connectivity index (χ1n) is 6.32. The van der Waals surface area contributed by atoms with Crippen LogP contribution in [-0.2, 0) is 19.9 Å². The van der Waals surface area contributed by atoms with E-state index in [1.165, 1.54) is 0 Å². The van der Waals surface area contributed by atoms with Crippen molar-refractivity contribution in [2.24, 2.45) is 5.41 Å². The van der Waals surface area contributed by atoms with Gasteiger partial charge in [-0.2, -0.15) is 0 Å². The van der Waals surface area contributed by atoms with Crippen LogP contribution in [0.5, 0.6) is 0 Å². The number of rotatable bonds is 5. The molecular formula is C13H20FNO4S2. The van der Waals surface area contributed by atoms with E-state index in [2.05, 4.69) is 4.72 Å². The molecule has 0 aliphatic rings. The third kappa shape index (κ3) is 5.37. The lowest BCUT2D eigenvalue weighted by molar-refractivity contribution is 0.378. The maximum atomic E-state index is 13.7. The van der Waals surface area contributed by atoms with Gasteiger partial charge in [0, 0.05) is 12.8 Å². The average molecular weight is 337 g/mol. The zero-order valence-electron chi connectivity index (χ0n) is 12.5. The quantitative estimate of drug-likeness (QED) is 0.833. The van der Waals surface area contributed by atoms with Crippen molar-refractivity contribution in [1.29, 1.82) is 0 Å². The maximum Gasteiger partial charge on any atom is 0.243 e. The summed E-state index contributed by atoms with van der Waals surface area (Å²) in [5.41, 5.74) is -0.0737. The van der Waals surface area contributed by atoms with Crippen molar-refractivity contribution in [3.8, 4) is 0 Å². The SMILES string of the molecule is CC(C)(C)CCNS(=O)(=O)c1cc(S(C)(=O)=O)ccc1F. The molecule has 0 fully saturated rings. The zero-order valence-corrected chi connectivity index (χ0v) is 14.1. The number of benzene rings is 1. The summed E-state index contributed by atoms with van der Waals surface area (Å²) < 4.78 is 63.0. The Balaban J connectivity index is 3.08. The minimum Gasteiger partial charge on any atom is -0.224 e. The summed E-state index contributed by atoms with van der Waals surface area (Å²) in [4.78, 5) is -0.889. The summed E-state index contributed by atoms with van der Waals surface area (Å²) in [6, 6.07) is 2.72. The molecule has 0 unspecified atom stereocenters. The van der Waals surface area contributed by atoms with Crippen molar-refractivity contribution >= 4 is 19.9 Å². The molecule has 0 atom stereocenters. The number of nitrogens with one attached hydrogen (secondary N) is 1. The highest BCUT2D eigenvalue weighted by Gasteiger charge is 2.22. The second kappa shape index (κ2) is 6.02. The number of hydrogen-bond acceptors (Lipinski definition) is 4. The van der Waals surface area contributed by atoms with Crippen LogP contribution >= 0.6 is 0 Å². The Labute approximate surface area is 125 Å². The molecule has 0 heterocycles. The van der Waals surface area contributed by atoms with Crippen molar-refractivity contribution in [2.45, 2.75) is 37.0 Å². The third-order valence-corrected chi connectivity index (χ3v) is 5.37. The highest BCUT2D eigenvalue weighted by molar-refractivity contribution is 7.91. The summed E-state index contributed by atoms with van der Waals surface area (Å²) in [6.07, 6.45) is 1.50. The van der Waals surface area contributed by atoms with Crippen LogP contribution in [0.3, 0.4) is 0 Å². The summed E-state index contributed by atoms with van der Waals surface area (Å²) in [5, 5.41) is 0. The number of sulfone groups is 1. The van der Waals surface area contributed by atoms with Gasteiger partial charge in [0.25, 0.3) is 0 Å². The Kier molecular flexibility index (Phi) is 5.18. The summed E-state index contributed by atoms with van der Waals surface area (Å²) >= 11 is 0. The first kappa shape index (κ1) is 18.1. The molecule has 1 rings (SSSR count). The van der Waals surface area contributed by atoms with Gasteiger partial charge in [0.05, 0.1) is 4.90 Å². The highest BCUT2D eigenvalue weighted by Crippen LogP contribution is 2.21. The van der Waals surface area contributed by atoms with Crippen LogP contribution in [-0.4, -0.2) is 29.6 Å². The largest absolute Gasteiger partial charge is 0.243 e. The second-order valence-electron chi connectivity index (χ2n) is 6.07. The van der Waals surface area contributed by atoms with Crippen LogP contribution in [0.4, 0.5) is 4.39 Å². The molecule has 1 aromatic carbocycles. The Morgan fingerprint density at radius 2 is 1.71 bits per heavy atom. The lowest BCUT2D eigenvalue weighted by atomic mass is 9.93. The second-order valence-corrected chi connectivity index (χ2v) is 9.82. The third-order valence-electron chi connectivity index (χ3n) is 2.79. The lowest BCUT2D eigenvalue weighted by Gasteiger charge is -2.18. The molecule has 0 bridgehead atoms. The maximum absolute atomic E-state index is 13.7. The van der Waals surface area contributed by atoms with Gasteiger partial charge in [-0.05, 0) is 30.0 Å². The topological polar surface area (TPSA) is 80.3 Å². The van der Waals surface area contributed by atoms with Crippen molar-refractivity contribution < 1.29 is 21.2 Å². The first-order valence-corrected chi connectivity index (χ1v) is 9.70. The Morgan fingerprint density at radius 3 is 2.19 bits per heavy atom. The molecule has 5 nitrogen and oxygen atoms in total. The fourth-order valence-electron chi connectivity index (χ4n) is 1.56. The van der Waals surface area contributed by atoms with Crippen molar-refractivity contribution in [3.05, 3.63) is 24.0 Å². The molecule has 0 aliphatic carbocycles. The molecule has 0 saturated carbocycles. The zero-order chi connectivity index (χ0) is 16.5. The van der Waals surface area contributed by atoms with Gasteiger partial charge in [-0.25, -0.2) is 25.9 Å². The lowest BCUT2D eigenvalue weighted by Crippen LogP contribution is -2.28. The number of hydrogen-bond donors (Lipinski definition) is 1. The summed E-state index contributed by atoms with van der Waals surface area (Å²) in [5.74, 6) is -0.981. The van der Waals surface area contributed by atoms with Crippen LogP contribution in [0.25, 0.3) is 0 Å². The van der Waals surface area contributed by atoms with E-state index in [-0.39, 0.29) is 16.9 Å². The van der Waals surface area contributed by atoms with E-state index < -0.39 is 30.6 Å². The van der Waals surface area contributed by atoms with Gasteiger partial charge in [-0.3, -0.25) is 0 Å². The molecule has 0 aromatic heterocycles. The Morgan fingerprint density at radius 1 is 1.14 bits per heavy atom. The van der Waals surface area contributed by atoms with Crippen LogP contribution in [0.1, 0.15) is 27.2 Å². The van der Waals surface area contributed by atoms with Crippen LogP contribution in [0.15, 0.2) is 28.0 Å². The molecule has 0 saturated heterocycles. The molecule has 0 amide bonds. The average Bonchev–Trinajstić information content (AvgIpc) is 2.25. The normalized spacial score (nSPS) is 13.4. The monoisotopic (exact) mass is 337 g/mol. The van der Waals surface area contributed by atoms with Crippen LogP contribution in [0.2, 0.25) is 0 Å².